The summed E-state index contributed by atoms with van der Waals surface area (Å²) in [7, 11) is 0. The molecule has 0 aliphatic heterocycles. The first kappa shape index (κ1) is 16.5. The monoisotopic (exact) mass is 382 g/mol. The van der Waals surface area contributed by atoms with Crippen LogP contribution in [-0.4, -0.2) is 9.97 Å². The van der Waals surface area contributed by atoms with Crippen LogP contribution in [0.1, 0.15) is 11.1 Å². The van der Waals surface area contributed by atoms with Crippen LogP contribution in [0.15, 0.2) is 53.2 Å². The third-order valence-corrected chi connectivity index (χ3v) is 6.08. The van der Waals surface area contributed by atoms with E-state index in [1.54, 1.807) is 22.7 Å². The van der Waals surface area contributed by atoms with Crippen LogP contribution in [0.4, 0.5) is 0 Å². The Morgan fingerprint density at radius 2 is 1.44 bits per heavy atom. The van der Waals surface area contributed by atoms with E-state index in [2.05, 4.69) is 42.8 Å². The van der Waals surface area contributed by atoms with Crippen LogP contribution in [0.5, 0.6) is 0 Å². The molecule has 0 fully saturated rings. The second-order valence-corrected chi connectivity index (χ2v) is 8.05. The van der Waals surface area contributed by atoms with Crippen molar-refractivity contribution in [3.63, 3.8) is 0 Å². The summed E-state index contributed by atoms with van der Waals surface area (Å²) in [5.41, 5.74) is 6.72. The summed E-state index contributed by atoms with van der Waals surface area (Å²) in [5.74, 6) is 0. The number of hydrogen-bond donors (Lipinski definition) is 0. The van der Waals surface area contributed by atoms with Gasteiger partial charge in [-0.2, -0.15) is 0 Å². The fourth-order valence-corrected chi connectivity index (χ4v) is 4.46. The maximum Gasteiger partial charge on any atom is 0.152 e. The van der Waals surface area contributed by atoms with Gasteiger partial charge in [0, 0.05) is 26.9 Å². The highest BCUT2D eigenvalue weighted by atomic mass is 35.5. The molecular weight excluding hydrogens is 368 g/mol. The van der Waals surface area contributed by atoms with Gasteiger partial charge in [0.2, 0.25) is 0 Å². The lowest BCUT2D eigenvalue weighted by molar-refractivity contribution is 1.32. The van der Waals surface area contributed by atoms with Gasteiger partial charge in [-0.1, -0.05) is 41.4 Å². The number of rotatable bonds is 3. The van der Waals surface area contributed by atoms with Gasteiger partial charge in [0.15, 0.2) is 10.0 Å². The molecule has 0 saturated heterocycles. The molecule has 0 aliphatic carbocycles. The summed E-state index contributed by atoms with van der Waals surface area (Å²) in [5, 5.41) is 6.82. The highest BCUT2D eigenvalue weighted by Gasteiger charge is 2.13. The van der Waals surface area contributed by atoms with E-state index in [-0.39, 0.29) is 0 Å². The van der Waals surface area contributed by atoms with Crippen LogP contribution < -0.4 is 0 Å². The van der Waals surface area contributed by atoms with E-state index in [0.29, 0.717) is 0 Å². The van der Waals surface area contributed by atoms with Crippen molar-refractivity contribution in [2.45, 2.75) is 13.8 Å². The maximum absolute atomic E-state index is 5.96. The summed E-state index contributed by atoms with van der Waals surface area (Å²) in [6, 6.07) is 14.2. The first-order chi connectivity index (χ1) is 12.1. The van der Waals surface area contributed by atoms with Gasteiger partial charge in [0.05, 0.1) is 11.4 Å². The molecule has 0 aliphatic rings. The molecular formula is C20H15ClN2S2. The smallest absolute Gasteiger partial charge is 0.152 e. The summed E-state index contributed by atoms with van der Waals surface area (Å²) in [6.07, 6.45) is 0. The van der Waals surface area contributed by atoms with E-state index in [1.807, 2.05) is 24.3 Å². The SMILES string of the molecule is Cc1ccc(C)c(-c2csc(-c3nc(-c4ccc(Cl)cc4)cs3)n2)c1. The largest absolute Gasteiger partial charge is 0.233 e. The third kappa shape index (κ3) is 3.38. The zero-order valence-electron chi connectivity index (χ0n) is 13.8. The Morgan fingerprint density at radius 3 is 2.16 bits per heavy atom. The molecule has 0 unspecified atom stereocenters. The van der Waals surface area contributed by atoms with E-state index in [9.17, 15) is 0 Å². The third-order valence-electron chi connectivity index (χ3n) is 4.00. The molecule has 0 N–H and O–H groups in total. The van der Waals surface area contributed by atoms with Gasteiger partial charge in [-0.15, -0.1) is 22.7 Å². The van der Waals surface area contributed by atoms with Crippen molar-refractivity contribution in [1.82, 2.24) is 9.97 Å². The summed E-state index contributed by atoms with van der Waals surface area (Å²) >= 11 is 9.22. The van der Waals surface area contributed by atoms with E-state index in [1.165, 1.54) is 16.7 Å². The average Bonchev–Trinajstić information content (AvgIpc) is 3.27. The minimum atomic E-state index is 0.734. The fraction of sp³-hybridized carbons (Fsp3) is 0.100. The molecule has 4 aromatic rings. The van der Waals surface area contributed by atoms with Crippen molar-refractivity contribution in [2.24, 2.45) is 0 Å². The van der Waals surface area contributed by atoms with Crippen molar-refractivity contribution in [3.8, 4) is 32.5 Å². The molecule has 0 radical (unpaired) electrons. The van der Waals surface area contributed by atoms with Crippen LogP contribution in [0.2, 0.25) is 5.02 Å². The van der Waals surface area contributed by atoms with E-state index in [4.69, 9.17) is 21.6 Å². The number of nitrogens with zero attached hydrogens (tertiary/aromatic N) is 2. The van der Waals surface area contributed by atoms with Crippen molar-refractivity contribution in [1.29, 1.82) is 0 Å². The van der Waals surface area contributed by atoms with Crippen LogP contribution >= 0.6 is 34.3 Å². The Bertz CT molecular complexity index is 1030. The van der Waals surface area contributed by atoms with Crippen molar-refractivity contribution in [3.05, 3.63) is 69.4 Å². The summed E-state index contributed by atoms with van der Waals surface area (Å²) in [6.45, 7) is 4.23. The number of aromatic nitrogens is 2. The quantitative estimate of drug-likeness (QED) is 0.386. The Kier molecular flexibility index (Phi) is 4.42. The molecule has 0 atom stereocenters. The Labute approximate surface area is 159 Å². The number of halogens is 1. The van der Waals surface area contributed by atoms with Gasteiger partial charge in [-0.25, -0.2) is 9.97 Å². The Balaban J connectivity index is 1.67. The van der Waals surface area contributed by atoms with Crippen LogP contribution in [-0.2, 0) is 0 Å². The maximum atomic E-state index is 5.96. The Morgan fingerprint density at radius 1 is 0.800 bits per heavy atom. The molecule has 124 valence electrons. The van der Waals surface area contributed by atoms with E-state index >= 15 is 0 Å². The number of aryl methyl sites for hydroxylation is 2. The summed E-state index contributed by atoms with van der Waals surface area (Å²) < 4.78 is 0. The van der Waals surface area contributed by atoms with Gasteiger partial charge < -0.3 is 0 Å². The van der Waals surface area contributed by atoms with E-state index < -0.39 is 0 Å². The van der Waals surface area contributed by atoms with Gasteiger partial charge in [0.1, 0.15) is 0 Å². The molecule has 2 heterocycles. The predicted octanol–water partition coefficient (Wildman–Crippen LogP) is 6.87. The molecule has 0 bridgehead atoms. The van der Waals surface area contributed by atoms with Crippen molar-refractivity contribution in [2.75, 3.05) is 0 Å². The van der Waals surface area contributed by atoms with E-state index in [0.717, 1.165) is 32.0 Å². The van der Waals surface area contributed by atoms with Gasteiger partial charge in [-0.05, 0) is 37.6 Å². The minimum absolute atomic E-state index is 0.734. The standard InChI is InChI=1S/C20H15ClN2S2/c1-12-3-4-13(2)16(9-12)18-11-25-20(23-18)19-22-17(10-24-19)14-5-7-15(21)8-6-14/h3-11H,1-2H3. The zero-order chi connectivity index (χ0) is 17.4. The first-order valence-corrected chi connectivity index (χ1v) is 9.99. The van der Waals surface area contributed by atoms with Crippen LogP contribution in [0.3, 0.4) is 0 Å². The van der Waals surface area contributed by atoms with Gasteiger partial charge in [0.25, 0.3) is 0 Å². The van der Waals surface area contributed by atoms with Crippen molar-refractivity contribution < 1.29 is 0 Å². The normalized spacial score (nSPS) is 11.0. The number of thiazole rings is 2. The average molecular weight is 383 g/mol. The number of hydrogen-bond acceptors (Lipinski definition) is 4. The zero-order valence-corrected chi connectivity index (χ0v) is 16.2. The number of benzene rings is 2. The molecule has 5 heteroatoms. The lowest BCUT2D eigenvalue weighted by Gasteiger charge is -2.03. The molecule has 25 heavy (non-hydrogen) atoms. The lowest BCUT2D eigenvalue weighted by atomic mass is 10.0. The highest BCUT2D eigenvalue weighted by molar-refractivity contribution is 7.20. The summed E-state index contributed by atoms with van der Waals surface area (Å²) in [4.78, 5) is 9.57. The van der Waals surface area contributed by atoms with Crippen LogP contribution in [0.25, 0.3) is 32.5 Å². The lowest BCUT2D eigenvalue weighted by Crippen LogP contribution is -1.85. The molecule has 0 spiro atoms. The molecule has 0 amide bonds. The molecule has 2 aromatic carbocycles. The first-order valence-electron chi connectivity index (χ1n) is 7.85. The van der Waals surface area contributed by atoms with Gasteiger partial charge in [-0.3, -0.25) is 0 Å². The second-order valence-electron chi connectivity index (χ2n) is 5.90. The fourth-order valence-electron chi connectivity index (χ4n) is 2.63. The second kappa shape index (κ2) is 6.71. The van der Waals surface area contributed by atoms with Crippen LogP contribution in [0, 0.1) is 13.8 Å². The topological polar surface area (TPSA) is 25.8 Å². The molecule has 4 rings (SSSR count). The van der Waals surface area contributed by atoms with Gasteiger partial charge >= 0.3 is 0 Å². The molecule has 0 saturated carbocycles. The molecule has 2 nitrogen and oxygen atoms in total. The minimum Gasteiger partial charge on any atom is -0.233 e. The van der Waals surface area contributed by atoms with Crippen molar-refractivity contribution >= 4 is 34.3 Å². The predicted molar refractivity (Wildman–Crippen MR) is 109 cm³/mol. The Hall–Kier alpha value is -2.01. The highest BCUT2D eigenvalue weighted by Crippen LogP contribution is 2.34. The molecule has 2 aromatic heterocycles.